The van der Waals surface area contributed by atoms with E-state index in [0.717, 1.165) is 13.0 Å². The molecule has 8 heteroatoms. The van der Waals surface area contributed by atoms with Gasteiger partial charge in [0.2, 0.25) is 0 Å². The molecule has 6 nitrogen and oxygen atoms in total. The molecule has 128 valence electrons. The van der Waals surface area contributed by atoms with E-state index in [1.54, 1.807) is 24.0 Å². The zero-order valence-electron chi connectivity index (χ0n) is 13.3. The average molecular weight is 352 g/mol. The van der Waals surface area contributed by atoms with Crippen LogP contribution < -0.4 is 5.32 Å². The number of carbonyl (C=O) groups excluding carboxylic acids is 1. The number of aryl methyl sites for hydroxylation is 1. The Morgan fingerprint density at radius 1 is 1.33 bits per heavy atom. The molecule has 1 N–H and O–H groups in total. The topological polar surface area (TPSA) is 63.1 Å². The van der Waals surface area contributed by atoms with Crippen LogP contribution in [0.4, 0.5) is 4.39 Å². The largest absolute Gasteiger partial charge is 0.337 e. The van der Waals surface area contributed by atoms with E-state index < -0.39 is 5.82 Å². The standard InChI is InChI=1S/C16H18FN5O.ClH/c1-10-2-3-13(22-19-5-6-20-22)14(15(10)17)16(23)21-7-4-11-8-18-12(11)9-21;/h2-3,5-6,11-12,18H,4,7-9H2,1H3;1H/t11-,12-;/m0./s1. The van der Waals surface area contributed by atoms with Crippen molar-refractivity contribution in [3.63, 3.8) is 0 Å². The summed E-state index contributed by atoms with van der Waals surface area (Å²) >= 11 is 0. The van der Waals surface area contributed by atoms with Gasteiger partial charge >= 0.3 is 0 Å². The fraction of sp³-hybridized carbons (Fsp3) is 0.438. The summed E-state index contributed by atoms with van der Waals surface area (Å²) < 4.78 is 14.7. The van der Waals surface area contributed by atoms with Crippen molar-refractivity contribution < 1.29 is 9.18 Å². The number of nitrogens with one attached hydrogen (secondary N) is 1. The van der Waals surface area contributed by atoms with Gasteiger partial charge in [0.15, 0.2) is 0 Å². The number of aromatic nitrogens is 3. The minimum absolute atomic E-state index is 0. The Kier molecular flexibility index (Phi) is 4.56. The summed E-state index contributed by atoms with van der Waals surface area (Å²) in [4.78, 5) is 16.0. The molecule has 1 aromatic heterocycles. The van der Waals surface area contributed by atoms with E-state index >= 15 is 0 Å². The highest BCUT2D eigenvalue weighted by atomic mass is 35.5. The lowest BCUT2D eigenvalue weighted by molar-refractivity contribution is 0.0514. The molecule has 1 amide bonds. The van der Waals surface area contributed by atoms with Gasteiger partial charge in [-0.15, -0.1) is 12.4 Å². The van der Waals surface area contributed by atoms with Gasteiger partial charge in [-0.25, -0.2) is 4.39 Å². The van der Waals surface area contributed by atoms with Crippen LogP contribution in [0.5, 0.6) is 0 Å². The van der Waals surface area contributed by atoms with Gasteiger partial charge in [0.05, 0.1) is 12.4 Å². The summed E-state index contributed by atoms with van der Waals surface area (Å²) in [7, 11) is 0. The predicted molar refractivity (Wildman–Crippen MR) is 89.1 cm³/mol. The maximum absolute atomic E-state index is 14.7. The second-order valence-corrected chi connectivity index (χ2v) is 6.22. The van der Waals surface area contributed by atoms with E-state index in [4.69, 9.17) is 0 Å². The molecule has 0 aliphatic carbocycles. The number of likely N-dealkylation sites (tertiary alicyclic amines) is 1. The Morgan fingerprint density at radius 3 is 2.71 bits per heavy atom. The molecular formula is C16H19ClFN5O. The van der Waals surface area contributed by atoms with Crippen molar-refractivity contribution >= 4 is 18.3 Å². The van der Waals surface area contributed by atoms with Crippen LogP contribution in [0.25, 0.3) is 5.69 Å². The van der Waals surface area contributed by atoms with Crippen LogP contribution >= 0.6 is 12.4 Å². The molecule has 0 radical (unpaired) electrons. The van der Waals surface area contributed by atoms with Gasteiger partial charge in [-0.3, -0.25) is 4.79 Å². The van der Waals surface area contributed by atoms with E-state index in [-0.39, 0.29) is 23.9 Å². The first-order chi connectivity index (χ1) is 11.1. The van der Waals surface area contributed by atoms with Crippen LogP contribution in [0.3, 0.4) is 0 Å². The molecule has 2 saturated heterocycles. The number of hydrogen-bond donors (Lipinski definition) is 1. The summed E-state index contributed by atoms with van der Waals surface area (Å²) in [5.41, 5.74) is 0.881. The monoisotopic (exact) mass is 351 g/mol. The number of amides is 1. The molecular weight excluding hydrogens is 333 g/mol. The molecule has 1 aromatic carbocycles. The number of piperidine rings is 1. The molecule has 24 heavy (non-hydrogen) atoms. The molecule has 0 spiro atoms. The molecule has 2 atom stereocenters. The summed E-state index contributed by atoms with van der Waals surface area (Å²) in [6, 6.07) is 3.68. The van der Waals surface area contributed by atoms with Gasteiger partial charge in [-0.1, -0.05) is 6.07 Å². The van der Waals surface area contributed by atoms with Crippen LogP contribution in [-0.2, 0) is 0 Å². The summed E-state index contributed by atoms with van der Waals surface area (Å²) in [5.74, 6) is -0.132. The van der Waals surface area contributed by atoms with Crippen molar-refractivity contribution in [1.29, 1.82) is 0 Å². The maximum Gasteiger partial charge on any atom is 0.259 e. The lowest BCUT2D eigenvalue weighted by Gasteiger charge is -2.46. The van der Waals surface area contributed by atoms with Crippen LogP contribution in [-0.4, -0.2) is 51.5 Å². The fourth-order valence-corrected chi connectivity index (χ4v) is 3.34. The van der Waals surface area contributed by atoms with Crippen molar-refractivity contribution in [3.05, 3.63) is 41.5 Å². The predicted octanol–water partition coefficient (Wildman–Crippen LogP) is 1.57. The quantitative estimate of drug-likeness (QED) is 0.892. The van der Waals surface area contributed by atoms with Gasteiger partial charge in [0.25, 0.3) is 5.91 Å². The molecule has 3 heterocycles. The van der Waals surface area contributed by atoms with Crippen molar-refractivity contribution in [2.24, 2.45) is 5.92 Å². The zero-order valence-corrected chi connectivity index (χ0v) is 14.1. The molecule has 2 fully saturated rings. The van der Waals surface area contributed by atoms with Crippen molar-refractivity contribution in [3.8, 4) is 5.69 Å². The number of halogens is 2. The highest BCUT2D eigenvalue weighted by Gasteiger charge is 2.38. The first-order valence-corrected chi connectivity index (χ1v) is 7.83. The van der Waals surface area contributed by atoms with E-state index in [1.807, 2.05) is 0 Å². The number of benzene rings is 1. The van der Waals surface area contributed by atoms with Crippen molar-refractivity contribution in [2.75, 3.05) is 19.6 Å². The van der Waals surface area contributed by atoms with E-state index in [1.165, 1.54) is 17.2 Å². The lowest BCUT2D eigenvalue weighted by Crippen LogP contribution is -2.62. The minimum atomic E-state index is -0.492. The van der Waals surface area contributed by atoms with Crippen LogP contribution in [0.2, 0.25) is 0 Å². The molecule has 0 saturated carbocycles. The molecule has 0 bridgehead atoms. The van der Waals surface area contributed by atoms with E-state index in [2.05, 4.69) is 15.5 Å². The molecule has 0 unspecified atom stereocenters. The third kappa shape index (κ3) is 2.67. The van der Waals surface area contributed by atoms with Gasteiger partial charge in [-0.05, 0) is 37.4 Å². The van der Waals surface area contributed by atoms with E-state index in [0.29, 0.717) is 36.3 Å². The summed E-state index contributed by atoms with van der Waals surface area (Å²) in [6.45, 7) is 3.98. The van der Waals surface area contributed by atoms with Crippen LogP contribution in [0.15, 0.2) is 24.5 Å². The fourth-order valence-electron chi connectivity index (χ4n) is 3.34. The third-order valence-electron chi connectivity index (χ3n) is 4.85. The third-order valence-corrected chi connectivity index (χ3v) is 4.85. The smallest absolute Gasteiger partial charge is 0.259 e. The van der Waals surface area contributed by atoms with Gasteiger partial charge in [-0.2, -0.15) is 15.0 Å². The number of hydrogen-bond acceptors (Lipinski definition) is 4. The zero-order chi connectivity index (χ0) is 16.0. The van der Waals surface area contributed by atoms with E-state index in [9.17, 15) is 9.18 Å². The molecule has 2 aliphatic rings. The Balaban J connectivity index is 0.00000169. The van der Waals surface area contributed by atoms with Gasteiger partial charge in [0.1, 0.15) is 17.1 Å². The average Bonchev–Trinajstić information content (AvgIpc) is 3.04. The normalized spacial score (nSPS) is 22.3. The lowest BCUT2D eigenvalue weighted by atomic mass is 9.84. The Labute approximate surface area is 145 Å². The number of rotatable bonds is 2. The van der Waals surface area contributed by atoms with Crippen LogP contribution in [0, 0.1) is 18.7 Å². The van der Waals surface area contributed by atoms with Crippen molar-refractivity contribution in [1.82, 2.24) is 25.2 Å². The highest BCUT2D eigenvalue weighted by molar-refractivity contribution is 5.98. The van der Waals surface area contributed by atoms with Crippen LogP contribution in [0.1, 0.15) is 22.3 Å². The van der Waals surface area contributed by atoms with Gasteiger partial charge in [0, 0.05) is 19.1 Å². The van der Waals surface area contributed by atoms with Gasteiger partial charge < -0.3 is 10.2 Å². The second kappa shape index (κ2) is 6.49. The SMILES string of the molecule is Cc1ccc(-n2nccn2)c(C(=O)N2CC[C@H]3CN[C@H]3C2)c1F.Cl. The Morgan fingerprint density at radius 2 is 2.08 bits per heavy atom. The summed E-state index contributed by atoms with van der Waals surface area (Å²) in [5, 5.41) is 11.4. The first-order valence-electron chi connectivity index (χ1n) is 7.83. The maximum atomic E-state index is 14.7. The Bertz CT molecular complexity index is 751. The molecule has 2 aromatic rings. The molecule has 2 aliphatic heterocycles. The second-order valence-electron chi connectivity index (χ2n) is 6.22. The number of nitrogens with zero attached hydrogens (tertiary/aromatic N) is 4. The minimum Gasteiger partial charge on any atom is -0.337 e. The molecule has 4 rings (SSSR count). The Hall–Kier alpha value is -1.99. The van der Waals surface area contributed by atoms with Crippen molar-refractivity contribution in [2.45, 2.75) is 19.4 Å². The highest BCUT2D eigenvalue weighted by Crippen LogP contribution is 2.27. The summed E-state index contributed by atoms with van der Waals surface area (Å²) in [6.07, 6.45) is 3.98. The first kappa shape index (κ1) is 16.9. The number of fused-ring (bicyclic) bond motifs is 1. The number of carbonyl (C=O) groups is 1.